The van der Waals surface area contributed by atoms with Gasteiger partial charge in [-0.05, 0) is 47.3 Å². The maximum absolute atomic E-state index is 11.5. The lowest BCUT2D eigenvalue weighted by molar-refractivity contribution is 0.0532. The Bertz CT molecular complexity index is 378. The van der Waals surface area contributed by atoms with E-state index in [0.29, 0.717) is 19.1 Å². The van der Waals surface area contributed by atoms with Crippen LogP contribution < -0.4 is 5.32 Å². The molecule has 21 heavy (non-hydrogen) atoms. The summed E-state index contributed by atoms with van der Waals surface area (Å²) in [5.74, 6) is 0.448. The maximum atomic E-state index is 11.5. The summed E-state index contributed by atoms with van der Waals surface area (Å²) >= 11 is 0. The molecule has 0 saturated heterocycles. The van der Waals surface area contributed by atoms with Crippen molar-refractivity contribution in [2.45, 2.75) is 52.9 Å². The highest BCUT2D eigenvalue weighted by molar-refractivity contribution is 6.69. The summed E-state index contributed by atoms with van der Waals surface area (Å²) in [6, 6.07) is 0. The molecule has 0 aliphatic rings. The number of hydrogen-bond donors (Lipinski definition) is 1. The molecule has 1 N–H and O–H groups in total. The minimum atomic E-state index is -1.76. The first kappa shape index (κ1) is 19.6. The normalized spacial score (nSPS) is 13.2. The SMILES string of the molecule is C/C=C/CO/C(=C/CNC(=O)OC(C)(C)C)O[Si](C)(C)C. The van der Waals surface area contributed by atoms with Crippen LogP contribution in [0.5, 0.6) is 0 Å². The van der Waals surface area contributed by atoms with Gasteiger partial charge in [-0.1, -0.05) is 12.2 Å². The number of carbonyl (C=O) groups is 1. The van der Waals surface area contributed by atoms with Gasteiger partial charge in [-0.2, -0.15) is 0 Å². The van der Waals surface area contributed by atoms with E-state index in [2.05, 4.69) is 25.0 Å². The molecule has 6 heteroatoms. The zero-order chi connectivity index (χ0) is 16.5. The Morgan fingerprint density at radius 1 is 1.24 bits per heavy atom. The fourth-order valence-electron chi connectivity index (χ4n) is 1.19. The van der Waals surface area contributed by atoms with E-state index in [-0.39, 0.29) is 0 Å². The van der Waals surface area contributed by atoms with Gasteiger partial charge in [0.15, 0.2) is 0 Å². The van der Waals surface area contributed by atoms with Gasteiger partial charge >= 0.3 is 6.09 Å². The molecule has 0 aliphatic carbocycles. The molecule has 1 amide bonds. The second-order valence-electron chi connectivity index (χ2n) is 6.50. The number of alkyl carbamates (subject to hydrolysis) is 1. The van der Waals surface area contributed by atoms with Crippen molar-refractivity contribution in [1.82, 2.24) is 5.32 Å². The molecule has 0 aromatic carbocycles. The van der Waals surface area contributed by atoms with Gasteiger partial charge in [-0.3, -0.25) is 0 Å². The van der Waals surface area contributed by atoms with E-state index in [1.807, 2.05) is 39.8 Å². The number of nitrogens with one attached hydrogen (secondary N) is 1. The predicted molar refractivity (Wildman–Crippen MR) is 87.5 cm³/mol. The molecule has 0 bridgehead atoms. The minimum Gasteiger partial charge on any atom is -0.520 e. The number of amides is 1. The highest BCUT2D eigenvalue weighted by Crippen LogP contribution is 2.11. The monoisotopic (exact) mass is 315 g/mol. The van der Waals surface area contributed by atoms with Crippen molar-refractivity contribution in [2.75, 3.05) is 13.2 Å². The van der Waals surface area contributed by atoms with Crippen molar-refractivity contribution in [3.05, 3.63) is 24.2 Å². The van der Waals surface area contributed by atoms with Crippen molar-refractivity contribution in [2.24, 2.45) is 0 Å². The number of allylic oxidation sites excluding steroid dienone is 1. The third kappa shape index (κ3) is 13.3. The van der Waals surface area contributed by atoms with Crippen molar-refractivity contribution in [1.29, 1.82) is 0 Å². The topological polar surface area (TPSA) is 56.8 Å². The average molecular weight is 315 g/mol. The first-order valence-corrected chi connectivity index (χ1v) is 10.5. The molecule has 0 rings (SSSR count). The molecular weight excluding hydrogens is 286 g/mol. The summed E-state index contributed by atoms with van der Waals surface area (Å²) in [5, 5.41) is 2.65. The Morgan fingerprint density at radius 2 is 1.86 bits per heavy atom. The largest absolute Gasteiger partial charge is 0.520 e. The second kappa shape index (κ2) is 8.77. The molecule has 0 aromatic rings. The number of rotatable bonds is 7. The van der Waals surface area contributed by atoms with E-state index in [0.717, 1.165) is 0 Å². The molecule has 122 valence electrons. The van der Waals surface area contributed by atoms with Crippen LogP contribution in [-0.2, 0) is 13.9 Å². The Labute approximate surface area is 129 Å². The Morgan fingerprint density at radius 3 is 2.33 bits per heavy atom. The van der Waals surface area contributed by atoms with Crippen molar-refractivity contribution in [3.8, 4) is 0 Å². The van der Waals surface area contributed by atoms with Crippen LogP contribution in [0.2, 0.25) is 19.6 Å². The lowest BCUT2D eigenvalue weighted by atomic mass is 10.2. The summed E-state index contributed by atoms with van der Waals surface area (Å²) in [4.78, 5) is 11.5. The van der Waals surface area contributed by atoms with Crippen LogP contribution >= 0.6 is 0 Å². The number of ether oxygens (including phenoxy) is 2. The third-order valence-corrected chi connectivity index (χ3v) is 2.69. The van der Waals surface area contributed by atoms with Gasteiger partial charge < -0.3 is 19.2 Å². The minimum absolute atomic E-state index is 0.296. The Kier molecular flexibility index (Phi) is 8.17. The fraction of sp³-hybridized carbons (Fsp3) is 0.667. The molecule has 0 saturated carbocycles. The van der Waals surface area contributed by atoms with Crippen molar-refractivity contribution >= 4 is 14.4 Å². The molecule has 0 fully saturated rings. The van der Waals surface area contributed by atoms with Gasteiger partial charge in [-0.15, -0.1) is 0 Å². The summed E-state index contributed by atoms with van der Waals surface area (Å²) < 4.78 is 16.5. The van der Waals surface area contributed by atoms with E-state index < -0.39 is 20.0 Å². The zero-order valence-corrected chi connectivity index (χ0v) is 15.3. The maximum Gasteiger partial charge on any atom is 0.407 e. The number of hydrogen-bond acceptors (Lipinski definition) is 4. The van der Waals surface area contributed by atoms with Gasteiger partial charge in [0.05, 0.1) is 0 Å². The highest BCUT2D eigenvalue weighted by Gasteiger charge is 2.19. The van der Waals surface area contributed by atoms with Crippen LogP contribution in [0.25, 0.3) is 0 Å². The van der Waals surface area contributed by atoms with E-state index in [1.54, 1.807) is 6.08 Å². The van der Waals surface area contributed by atoms with E-state index in [9.17, 15) is 4.79 Å². The summed E-state index contributed by atoms with van der Waals surface area (Å²) in [6.45, 7) is 14.3. The van der Waals surface area contributed by atoms with Gasteiger partial charge in [0.2, 0.25) is 8.32 Å². The van der Waals surface area contributed by atoms with Crippen LogP contribution in [0.15, 0.2) is 24.2 Å². The van der Waals surface area contributed by atoms with Crippen molar-refractivity contribution in [3.63, 3.8) is 0 Å². The lowest BCUT2D eigenvalue weighted by Gasteiger charge is -2.22. The van der Waals surface area contributed by atoms with Crippen LogP contribution in [0.3, 0.4) is 0 Å². The Hall–Kier alpha value is -1.43. The molecule has 0 radical (unpaired) electrons. The average Bonchev–Trinajstić information content (AvgIpc) is 2.24. The third-order valence-electron chi connectivity index (χ3n) is 1.88. The first-order chi connectivity index (χ1) is 9.53. The van der Waals surface area contributed by atoms with E-state index >= 15 is 0 Å². The van der Waals surface area contributed by atoms with Crippen LogP contribution in [0, 0.1) is 0 Å². The smallest absolute Gasteiger partial charge is 0.407 e. The molecule has 0 aliphatic heterocycles. The van der Waals surface area contributed by atoms with Gasteiger partial charge in [0.25, 0.3) is 5.95 Å². The molecule has 0 unspecified atom stereocenters. The Balaban J connectivity index is 4.44. The first-order valence-electron chi connectivity index (χ1n) is 7.13. The summed E-state index contributed by atoms with van der Waals surface area (Å²) in [7, 11) is -1.76. The summed E-state index contributed by atoms with van der Waals surface area (Å²) in [6.07, 6.45) is 5.05. The van der Waals surface area contributed by atoms with E-state index in [4.69, 9.17) is 13.9 Å². The molecule has 0 atom stereocenters. The highest BCUT2D eigenvalue weighted by atomic mass is 28.4. The second-order valence-corrected chi connectivity index (χ2v) is 10.9. The van der Waals surface area contributed by atoms with Crippen LogP contribution in [0.4, 0.5) is 4.79 Å². The molecule has 0 heterocycles. The quantitative estimate of drug-likeness (QED) is 0.441. The molecular formula is C15H29NO4Si. The summed E-state index contributed by atoms with van der Waals surface area (Å²) in [5.41, 5.74) is -0.506. The van der Waals surface area contributed by atoms with Gasteiger partial charge in [-0.25, -0.2) is 4.79 Å². The lowest BCUT2D eigenvalue weighted by Crippen LogP contribution is -2.33. The van der Waals surface area contributed by atoms with Crippen molar-refractivity contribution < 1.29 is 18.7 Å². The standard InChI is InChI=1S/C15H29NO4Si/c1-8-9-12-18-13(20-21(5,6)7)10-11-16-14(17)19-15(2,3)4/h8-10H,11-12H2,1-7H3,(H,16,17)/b9-8+,13-10-. The predicted octanol–water partition coefficient (Wildman–Crippen LogP) is 3.80. The zero-order valence-electron chi connectivity index (χ0n) is 14.3. The number of carbonyl (C=O) groups excluding carboxylic acids is 1. The molecule has 0 spiro atoms. The van der Waals surface area contributed by atoms with Crippen LogP contribution in [-0.4, -0.2) is 33.2 Å². The van der Waals surface area contributed by atoms with Gasteiger partial charge in [0.1, 0.15) is 12.2 Å². The molecule has 0 aromatic heterocycles. The van der Waals surface area contributed by atoms with Crippen LogP contribution in [0.1, 0.15) is 27.7 Å². The van der Waals surface area contributed by atoms with Gasteiger partial charge in [0, 0.05) is 12.6 Å². The van der Waals surface area contributed by atoms with E-state index in [1.165, 1.54) is 0 Å². The fourth-order valence-corrected chi connectivity index (χ4v) is 1.94. The molecule has 5 nitrogen and oxygen atoms in total.